The summed E-state index contributed by atoms with van der Waals surface area (Å²) in [4.78, 5) is 10.4. The molecule has 0 aromatic heterocycles. The number of methoxy groups -OCH3 is 1. The van der Waals surface area contributed by atoms with Crippen molar-refractivity contribution in [2.24, 2.45) is 0 Å². The zero-order chi connectivity index (χ0) is 13.8. The SMILES string of the molecule is COC(C)(C)CCNc1ccc(Cl)cc1[N+](=O)[O-]. The number of hydrogen-bond donors (Lipinski definition) is 1. The molecule has 0 radical (unpaired) electrons. The quantitative estimate of drug-likeness (QED) is 0.636. The first kappa shape index (κ1) is 14.7. The summed E-state index contributed by atoms with van der Waals surface area (Å²) in [5.74, 6) is 0. The third-order valence-electron chi connectivity index (χ3n) is 2.75. The molecule has 0 amide bonds. The van der Waals surface area contributed by atoms with E-state index in [0.29, 0.717) is 17.3 Å². The van der Waals surface area contributed by atoms with Crippen molar-refractivity contribution in [2.75, 3.05) is 19.0 Å². The van der Waals surface area contributed by atoms with Gasteiger partial charge in [-0.2, -0.15) is 0 Å². The van der Waals surface area contributed by atoms with Crippen molar-refractivity contribution in [2.45, 2.75) is 25.9 Å². The minimum Gasteiger partial charge on any atom is -0.379 e. The molecule has 1 rings (SSSR count). The molecule has 0 bridgehead atoms. The molecule has 0 saturated heterocycles. The summed E-state index contributed by atoms with van der Waals surface area (Å²) in [5.41, 5.74) is 0.197. The number of rotatable bonds is 6. The van der Waals surface area contributed by atoms with Crippen molar-refractivity contribution >= 4 is 23.0 Å². The Morgan fingerprint density at radius 3 is 2.72 bits per heavy atom. The van der Waals surface area contributed by atoms with Gasteiger partial charge < -0.3 is 10.1 Å². The lowest BCUT2D eigenvalue weighted by molar-refractivity contribution is -0.383. The molecule has 0 aliphatic rings. The first-order valence-electron chi connectivity index (χ1n) is 5.59. The van der Waals surface area contributed by atoms with E-state index in [1.165, 1.54) is 6.07 Å². The molecule has 6 heteroatoms. The second kappa shape index (κ2) is 6.02. The molecule has 5 nitrogen and oxygen atoms in total. The van der Waals surface area contributed by atoms with Crippen molar-refractivity contribution in [3.05, 3.63) is 33.3 Å². The fraction of sp³-hybridized carbons (Fsp3) is 0.500. The van der Waals surface area contributed by atoms with Gasteiger partial charge in [-0.15, -0.1) is 0 Å². The zero-order valence-electron chi connectivity index (χ0n) is 10.7. The molecule has 0 aliphatic heterocycles. The Balaban J connectivity index is 2.70. The molecule has 0 spiro atoms. The maximum atomic E-state index is 10.9. The molecule has 1 aromatic carbocycles. The Hall–Kier alpha value is -1.33. The smallest absolute Gasteiger partial charge is 0.293 e. The van der Waals surface area contributed by atoms with Crippen LogP contribution in [0.1, 0.15) is 20.3 Å². The molecule has 0 saturated carbocycles. The number of ether oxygens (including phenoxy) is 1. The number of nitro groups is 1. The minimum atomic E-state index is -0.449. The molecule has 0 aliphatic carbocycles. The predicted molar refractivity (Wildman–Crippen MR) is 72.3 cm³/mol. The van der Waals surface area contributed by atoms with Gasteiger partial charge in [0.05, 0.1) is 10.5 Å². The van der Waals surface area contributed by atoms with Gasteiger partial charge in [0.15, 0.2) is 0 Å². The largest absolute Gasteiger partial charge is 0.379 e. The first-order valence-corrected chi connectivity index (χ1v) is 5.96. The summed E-state index contributed by atoms with van der Waals surface area (Å²) in [7, 11) is 1.64. The van der Waals surface area contributed by atoms with Gasteiger partial charge in [0.1, 0.15) is 5.69 Å². The highest BCUT2D eigenvalue weighted by atomic mass is 35.5. The molecule has 0 atom stereocenters. The molecular formula is C12H17ClN2O3. The Morgan fingerprint density at radius 1 is 1.50 bits per heavy atom. The fourth-order valence-corrected chi connectivity index (χ4v) is 1.57. The van der Waals surface area contributed by atoms with Crippen LogP contribution in [0.25, 0.3) is 0 Å². The molecule has 1 N–H and O–H groups in total. The van der Waals surface area contributed by atoms with Crippen LogP contribution in [0, 0.1) is 10.1 Å². The third kappa shape index (κ3) is 4.16. The second-order valence-electron chi connectivity index (χ2n) is 4.56. The van der Waals surface area contributed by atoms with Gasteiger partial charge in [0, 0.05) is 24.7 Å². The summed E-state index contributed by atoms with van der Waals surface area (Å²) in [6.45, 7) is 4.51. The van der Waals surface area contributed by atoms with Gasteiger partial charge in [-0.1, -0.05) is 11.6 Å². The lowest BCUT2D eigenvalue weighted by atomic mass is 10.1. The van der Waals surface area contributed by atoms with Crippen molar-refractivity contribution in [3.8, 4) is 0 Å². The number of nitrogens with zero attached hydrogens (tertiary/aromatic N) is 1. The third-order valence-corrected chi connectivity index (χ3v) is 2.99. The first-order chi connectivity index (χ1) is 8.35. The minimum absolute atomic E-state index is 0.0160. The molecule has 0 fully saturated rings. The average molecular weight is 273 g/mol. The monoisotopic (exact) mass is 272 g/mol. The van der Waals surface area contributed by atoms with Crippen LogP contribution in [-0.4, -0.2) is 24.2 Å². The van der Waals surface area contributed by atoms with Crippen LogP contribution in [0.15, 0.2) is 18.2 Å². The Bertz CT molecular complexity index is 435. The number of nitrogens with one attached hydrogen (secondary N) is 1. The molecule has 0 unspecified atom stereocenters. The predicted octanol–water partition coefficient (Wildman–Crippen LogP) is 3.48. The highest BCUT2D eigenvalue weighted by Gasteiger charge is 2.18. The van der Waals surface area contributed by atoms with Crippen LogP contribution < -0.4 is 5.32 Å². The van der Waals surface area contributed by atoms with Gasteiger partial charge in [-0.3, -0.25) is 10.1 Å². The van der Waals surface area contributed by atoms with Crippen molar-refractivity contribution < 1.29 is 9.66 Å². The van der Waals surface area contributed by atoms with Crippen molar-refractivity contribution in [1.82, 2.24) is 0 Å². The van der Waals surface area contributed by atoms with Gasteiger partial charge in [-0.05, 0) is 32.4 Å². The average Bonchev–Trinajstić information content (AvgIpc) is 2.30. The maximum absolute atomic E-state index is 10.9. The summed E-state index contributed by atoms with van der Waals surface area (Å²) in [5, 5.41) is 14.3. The van der Waals surface area contributed by atoms with Crippen molar-refractivity contribution in [3.63, 3.8) is 0 Å². The molecule has 100 valence electrons. The lowest BCUT2D eigenvalue weighted by Crippen LogP contribution is -2.25. The fourth-order valence-electron chi connectivity index (χ4n) is 1.41. The summed E-state index contributed by atoms with van der Waals surface area (Å²) in [6, 6.07) is 4.57. The Kier molecular flexibility index (Phi) is 4.93. The Labute approximate surface area is 111 Å². The van der Waals surface area contributed by atoms with E-state index in [9.17, 15) is 10.1 Å². The standard InChI is InChI=1S/C12H17ClN2O3/c1-12(2,18-3)6-7-14-10-5-4-9(13)8-11(10)15(16)17/h4-5,8,14H,6-7H2,1-3H3. The molecule has 1 aromatic rings. The number of benzene rings is 1. The van der Waals surface area contributed by atoms with E-state index < -0.39 is 4.92 Å². The molecule has 0 heterocycles. The van der Waals surface area contributed by atoms with Gasteiger partial charge in [-0.25, -0.2) is 0 Å². The summed E-state index contributed by atoms with van der Waals surface area (Å²) < 4.78 is 5.28. The van der Waals surface area contributed by atoms with Crippen LogP contribution in [0.2, 0.25) is 5.02 Å². The summed E-state index contributed by atoms with van der Waals surface area (Å²) in [6.07, 6.45) is 0.739. The topological polar surface area (TPSA) is 64.4 Å². The van der Waals surface area contributed by atoms with Crippen LogP contribution in [-0.2, 0) is 4.74 Å². The van der Waals surface area contributed by atoms with Gasteiger partial charge >= 0.3 is 0 Å². The normalized spacial score (nSPS) is 11.3. The molecular weight excluding hydrogens is 256 g/mol. The van der Waals surface area contributed by atoms with E-state index in [2.05, 4.69) is 5.32 Å². The van der Waals surface area contributed by atoms with E-state index in [0.717, 1.165) is 6.42 Å². The van der Waals surface area contributed by atoms with E-state index >= 15 is 0 Å². The number of anilines is 1. The van der Waals surface area contributed by atoms with E-state index in [1.54, 1.807) is 19.2 Å². The highest BCUT2D eigenvalue weighted by Crippen LogP contribution is 2.28. The van der Waals surface area contributed by atoms with Crippen molar-refractivity contribution in [1.29, 1.82) is 0 Å². The van der Waals surface area contributed by atoms with Crippen LogP contribution in [0.4, 0.5) is 11.4 Å². The van der Waals surface area contributed by atoms with E-state index in [-0.39, 0.29) is 11.3 Å². The number of nitro benzene ring substituents is 1. The van der Waals surface area contributed by atoms with E-state index in [4.69, 9.17) is 16.3 Å². The van der Waals surface area contributed by atoms with Crippen LogP contribution in [0.5, 0.6) is 0 Å². The van der Waals surface area contributed by atoms with Gasteiger partial charge in [0.25, 0.3) is 5.69 Å². The van der Waals surface area contributed by atoms with Crippen LogP contribution >= 0.6 is 11.6 Å². The summed E-state index contributed by atoms with van der Waals surface area (Å²) >= 11 is 5.74. The number of hydrogen-bond acceptors (Lipinski definition) is 4. The maximum Gasteiger partial charge on any atom is 0.293 e. The molecule has 18 heavy (non-hydrogen) atoms. The van der Waals surface area contributed by atoms with Gasteiger partial charge in [0.2, 0.25) is 0 Å². The Morgan fingerprint density at radius 2 is 2.17 bits per heavy atom. The number of halogens is 1. The lowest BCUT2D eigenvalue weighted by Gasteiger charge is -2.23. The second-order valence-corrected chi connectivity index (χ2v) is 5.00. The zero-order valence-corrected chi connectivity index (χ0v) is 11.5. The van der Waals surface area contributed by atoms with Crippen LogP contribution in [0.3, 0.4) is 0 Å². The van der Waals surface area contributed by atoms with E-state index in [1.807, 2.05) is 13.8 Å². The highest BCUT2D eigenvalue weighted by molar-refractivity contribution is 6.30.